The molecular formula is C14H29NO4. The van der Waals surface area contributed by atoms with Crippen LogP contribution in [0.5, 0.6) is 0 Å². The zero-order valence-electron chi connectivity index (χ0n) is 12.5. The molecule has 0 bridgehead atoms. The van der Waals surface area contributed by atoms with E-state index in [0.29, 0.717) is 25.2 Å². The molecule has 0 spiro atoms. The summed E-state index contributed by atoms with van der Waals surface area (Å²) in [6.45, 7) is 5.20. The standard InChI is InChI=1S/C14H29NO4/c1-12(9-18-3)19-10-13(16)8-15-11-14(4-5-14)6-7-17-2/h12-13,15-16H,4-11H2,1-3H3. The van der Waals surface area contributed by atoms with Gasteiger partial charge in [-0.2, -0.15) is 0 Å². The summed E-state index contributed by atoms with van der Waals surface area (Å²) in [5.74, 6) is 0. The second-order valence-corrected chi connectivity index (χ2v) is 5.63. The molecule has 1 aliphatic rings. The van der Waals surface area contributed by atoms with Gasteiger partial charge in [-0.3, -0.25) is 0 Å². The molecule has 0 aromatic heterocycles. The number of hydrogen-bond acceptors (Lipinski definition) is 5. The third kappa shape index (κ3) is 7.22. The number of ether oxygens (including phenoxy) is 3. The molecule has 5 heteroatoms. The van der Waals surface area contributed by atoms with Crippen molar-refractivity contribution in [3.05, 3.63) is 0 Å². The van der Waals surface area contributed by atoms with Gasteiger partial charge in [-0.05, 0) is 31.6 Å². The maximum Gasteiger partial charge on any atom is 0.0897 e. The van der Waals surface area contributed by atoms with E-state index in [-0.39, 0.29) is 6.10 Å². The number of hydrogen-bond donors (Lipinski definition) is 2. The van der Waals surface area contributed by atoms with Crippen LogP contribution in [0.15, 0.2) is 0 Å². The molecule has 2 N–H and O–H groups in total. The van der Waals surface area contributed by atoms with Crippen LogP contribution in [0.1, 0.15) is 26.2 Å². The number of aliphatic hydroxyl groups excluding tert-OH is 1. The average molecular weight is 275 g/mol. The SMILES string of the molecule is COCCC1(CNCC(O)COC(C)COC)CC1. The second-order valence-electron chi connectivity index (χ2n) is 5.63. The second kappa shape index (κ2) is 8.87. The zero-order chi connectivity index (χ0) is 14.1. The summed E-state index contributed by atoms with van der Waals surface area (Å²) in [5, 5.41) is 13.1. The molecule has 1 fully saturated rings. The van der Waals surface area contributed by atoms with E-state index in [9.17, 15) is 5.11 Å². The van der Waals surface area contributed by atoms with Crippen molar-refractivity contribution in [2.45, 2.75) is 38.4 Å². The molecule has 114 valence electrons. The minimum atomic E-state index is -0.461. The zero-order valence-corrected chi connectivity index (χ0v) is 12.5. The minimum absolute atomic E-state index is 0.0242. The summed E-state index contributed by atoms with van der Waals surface area (Å²) >= 11 is 0. The Hall–Kier alpha value is -0.200. The quantitative estimate of drug-likeness (QED) is 0.552. The third-order valence-corrected chi connectivity index (χ3v) is 3.65. The minimum Gasteiger partial charge on any atom is -0.389 e. The molecule has 1 aliphatic carbocycles. The highest BCUT2D eigenvalue weighted by molar-refractivity contribution is 4.94. The molecule has 0 amide bonds. The lowest BCUT2D eigenvalue weighted by atomic mass is 10.0. The van der Waals surface area contributed by atoms with Gasteiger partial charge in [-0.25, -0.2) is 0 Å². The van der Waals surface area contributed by atoms with Gasteiger partial charge < -0.3 is 24.6 Å². The van der Waals surface area contributed by atoms with E-state index in [1.54, 1.807) is 14.2 Å². The van der Waals surface area contributed by atoms with Gasteiger partial charge in [0.25, 0.3) is 0 Å². The average Bonchev–Trinajstić information content (AvgIpc) is 3.15. The van der Waals surface area contributed by atoms with E-state index in [2.05, 4.69) is 5.32 Å². The van der Waals surface area contributed by atoms with E-state index in [0.717, 1.165) is 19.6 Å². The van der Waals surface area contributed by atoms with Crippen molar-refractivity contribution in [2.24, 2.45) is 5.41 Å². The predicted molar refractivity (Wildman–Crippen MR) is 74.3 cm³/mol. The summed E-state index contributed by atoms with van der Waals surface area (Å²) in [6.07, 6.45) is 3.20. The molecule has 2 unspecified atom stereocenters. The Bertz CT molecular complexity index is 233. The Morgan fingerprint density at radius 3 is 2.53 bits per heavy atom. The van der Waals surface area contributed by atoms with Crippen LogP contribution in [0, 0.1) is 5.41 Å². The number of aliphatic hydroxyl groups is 1. The first-order valence-corrected chi connectivity index (χ1v) is 7.10. The van der Waals surface area contributed by atoms with Gasteiger partial charge in [0.15, 0.2) is 0 Å². The van der Waals surface area contributed by atoms with Gasteiger partial charge in [-0.1, -0.05) is 0 Å². The van der Waals surface area contributed by atoms with Crippen molar-refractivity contribution in [3.8, 4) is 0 Å². The smallest absolute Gasteiger partial charge is 0.0897 e. The van der Waals surface area contributed by atoms with E-state index in [4.69, 9.17) is 14.2 Å². The Balaban J connectivity index is 2.02. The van der Waals surface area contributed by atoms with E-state index < -0.39 is 6.10 Å². The summed E-state index contributed by atoms with van der Waals surface area (Å²) in [5.41, 5.74) is 0.417. The Kier molecular flexibility index (Phi) is 7.87. The molecule has 0 aliphatic heterocycles. The fraction of sp³-hybridized carbons (Fsp3) is 1.00. The summed E-state index contributed by atoms with van der Waals surface area (Å²) in [4.78, 5) is 0. The van der Waals surface area contributed by atoms with E-state index >= 15 is 0 Å². The molecule has 0 heterocycles. The lowest BCUT2D eigenvalue weighted by Gasteiger charge is -2.19. The lowest BCUT2D eigenvalue weighted by molar-refractivity contribution is -0.0313. The van der Waals surface area contributed by atoms with Crippen molar-refractivity contribution in [1.82, 2.24) is 5.32 Å². The fourth-order valence-electron chi connectivity index (χ4n) is 2.13. The molecule has 0 aromatic rings. The molecule has 0 saturated heterocycles. The predicted octanol–water partition coefficient (Wildman–Crippen LogP) is 0.805. The number of rotatable bonds is 12. The van der Waals surface area contributed by atoms with Crippen molar-refractivity contribution in [1.29, 1.82) is 0 Å². The fourth-order valence-corrected chi connectivity index (χ4v) is 2.13. The van der Waals surface area contributed by atoms with Gasteiger partial charge in [-0.15, -0.1) is 0 Å². The third-order valence-electron chi connectivity index (χ3n) is 3.65. The first-order chi connectivity index (χ1) is 9.12. The van der Waals surface area contributed by atoms with Gasteiger partial charge in [0, 0.05) is 33.9 Å². The van der Waals surface area contributed by atoms with Crippen molar-refractivity contribution >= 4 is 0 Å². The maximum absolute atomic E-state index is 9.81. The lowest BCUT2D eigenvalue weighted by Crippen LogP contribution is -2.35. The van der Waals surface area contributed by atoms with Gasteiger partial charge in [0.2, 0.25) is 0 Å². The molecule has 5 nitrogen and oxygen atoms in total. The molecule has 2 atom stereocenters. The van der Waals surface area contributed by atoms with Crippen LogP contribution >= 0.6 is 0 Å². The normalized spacial score (nSPS) is 20.2. The van der Waals surface area contributed by atoms with Crippen molar-refractivity contribution in [3.63, 3.8) is 0 Å². The highest BCUT2D eigenvalue weighted by atomic mass is 16.5. The summed E-state index contributed by atoms with van der Waals surface area (Å²) < 4.78 is 15.6. The van der Waals surface area contributed by atoms with Gasteiger partial charge >= 0.3 is 0 Å². The molecular weight excluding hydrogens is 246 g/mol. The van der Waals surface area contributed by atoms with Crippen LogP contribution < -0.4 is 5.32 Å². The van der Waals surface area contributed by atoms with Crippen LogP contribution in [-0.2, 0) is 14.2 Å². The van der Waals surface area contributed by atoms with E-state index in [1.807, 2.05) is 6.92 Å². The molecule has 0 radical (unpaired) electrons. The Morgan fingerprint density at radius 2 is 1.95 bits per heavy atom. The summed E-state index contributed by atoms with van der Waals surface area (Å²) in [7, 11) is 3.39. The van der Waals surface area contributed by atoms with Crippen LogP contribution in [0.4, 0.5) is 0 Å². The molecule has 0 aromatic carbocycles. The Morgan fingerprint density at radius 1 is 1.21 bits per heavy atom. The number of nitrogens with one attached hydrogen (secondary N) is 1. The highest BCUT2D eigenvalue weighted by Gasteiger charge is 2.41. The van der Waals surface area contributed by atoms with Gasteiger partial charge in [0.05, 0.1) is 25.4 Å². The van der Waals surface area contributed by atoms with Crippen molar-refractivity contribution < 1.29 is 19.3 Å². The first-order valence-electron chi connectivity index (χ1n) is 7.10. The molecule has 1 saturated carbocycles. The van der Waals surface area contributed by atoms with Crippen LogP contribution in [0.25, 0.3) is 0 Å². The summed E-state index contributed by atoms with van der Waals surface area (Å²) in [6, 6.07) is 0. The topological polar surface area (TPSA) is 60.0 Å². The monoisotopic (exact) mass is 275 g/mol. The highest BCUT2D eigenvalue weighted by Crippen LogP contribution is 2.48. The molecule has 1 rings (SSSR count). The Labute approximate surface area is 116 Å². The number of methoxy groups -OCH3 is 2. The van der Waals surface area contributed by atoms with Crippen LogP contribution in [-0.4, -0.2) is 64.4 Å². The van der Waals surface area contributed by atoms with Crippen molar-refractivity contribution in [2.75, 3.05) is 47.1 Å². The van der Waals surface area contributed by atoms with Crippen LogP contribution in [0.2, 0.25) is 0 Å². The van der Waals surface area contributed by atoms with E-state index in [1.165, 1.54) is 12.8 Å². The maximum atomic E-state index is 9.81. The van der Waals surface area contributed by atoms with Gasteiger partial charge in [0.1, 0.15) is 0 Å². The first kappa shape index (κ1) is 16.9. The van der Waals surface area contributed by atoms with Crippen LogP contribution in [0.3, 0.4) is 0 Å². The largest absolute Gasteiger partial charge is 0.389 e. The molecule has 19 heavy (non-hydrogen) atoms.